The molecule has 1 spiro atoms. The summed E-state index contributed by atoms with van der Waals surface area (Å²) in [7, 11) is 0. The number of fused-ring (bicyclic) bond motifs is 2. The van der Waals surface area contributed by atoms with Crippen LogP contribution in [0.15, 0.2) is 24.3 Å². The summed E-state index contributed by atoms with van der Waals surface area (Å²) in [4.78, 5) is 44.8. The molecule has 0 aliphatic carbocycles. The summed E-state index contributed by atoms with van der Waals surface area (Å²) >= 11 is 0. The van der Waals surface area contributed by atoms with E-state index < -0.39 is 35.0 Å². The maximum Gasteiger partial charge on any atom is 0.313 e. The van der Waals surface area contributed by atoms with Gasteiger partial charge in [0, 0.05) is 25.7 Å². The van der Waals surface area contributed by atoms with Crippen molar-refractivity contribution in [3.05, 3.63) is 24.3 Å². The first-order chi connectivity index (χ1) is 16.4. The molecule has 1 N–H and O–H groups in total. The van der Waals surface area contributed by atoms with Gasteiger partial charge in [0.25, 0.3) is 0 Å². The van der Waals surface area contributed by atoms with E-state index in [0.717, 1.165) is 19.3 Å². The Bertz CT molecular complexity index is 871. The molecule has 8 heteroatoms. The molecular formula is C26H38N2O6. The van der Waals surface area contributed by atoms with Crippen molar-refractivity contribution in [2.45, 2.75) is 82.6 Å². The van der Waals surface area contributed by atoms with Gasteiger partial charge in [-0.1, -0.05) is 44.6 Å². The number of hydrogen-bond donors (Lipinski definition) is 1. The lowest BCUT2D eigenvalue weighted by atomic mass is 9.73. The first-order valence-electron chi connectivity index (χ1n) is 12.8. The zero-order chi connectivity index (χ0) is 24.5. The zero-order valence-electron chi connectivity index (χ0n) is 20.6. The Hall–Kier alpha value is -2.19. The molecule has 0 aromatic rings. The molecule has 2 amide bonds. The third-order valence-electron chi connectivity index (χ3n) is 7.96. The van der Waals surface area contributed by atoms with Crippen LogP contribution in [0.4, 0.5) is 0 Å². The van der Waals surface area contributed by atoms with E-state index in [0.29, 0.717) is 32.4 Å². The molecule has 4 aliphatic heterocycles. The Labute approximate surface area is 201 Å². The van der Waals surface area contributed by atoms with Gasteiger partial charge in [-0.3, -0.25) is 14.4 Å². The number of cyclic esters (lactones) is 1. The van der Waals surface area contributed by atoms with Crippen LogP contribution in [0, 0.1) is 11.8 Å². The topological polar surface area (TPSA) is 96.4 Å². The van der Waals surface area contributed by atoms with Crippen molar-refractivity contribution in [1.29, 1.82) is 0 Å². The minimum Gasteiger partial charge on any atom is -0.465 e. The Balaban J connectivity index is 1.85. The number of rotatable bonds is 7. The SMILES string of the molecule is CCCC(C)N1CC=C[C@]23O[C@@]4(CC)/C=C\CCCOC(=O)[C@H]4[C@H]2C(=O)N(CCCO)C3C1=O. The zero-order valence-corrected chi connectivity index (χ0v) is 20.6. The van der Waals surface area contributed by atoms with Crippen LogP contribution < -0.4 is 0 Å². The van der Waals surface area contributed by atoms with Gasteiger partial charge in [-0.2, -0.15) is 0 Å². The summed E-state index contributed by atoms with van der Waals surface area (Å²) < 4.78 is 12.5. The molecule has 0 aromatic heterocycles. The van der Waals surface area contributed by atoms with Crippen LogP contribution in [-0.2, 0) is 23.9 Å². The smallest absolute Gasteiger partial charge is 0.313 e. The quantitative estimate of drug-likeness (QED) is 0.449. The van der Waals surface area contributed by atoms with E-state index in [1.54, 1.807) is 4.90 Å². The highest BCUT2D eigenvalue weighted by Gasteiger charge is 2.75. The van der Waals surface area contributed by atoms with Crippen molar-refractivity contribution in [2.75, 3.05) is 26.3 Å². The van der Waals surface area contributed by atoms with Gasteiger partial charge in [0.05, 0.1) is 12.5 Å². The second-order valence-electron chi connectivity index (χ2n) is 9.97. The van der Waals surface area contributed by atoms with Gasteiger partial charge >= 0.3 is 5.97 Å². The maximum absolute atomic E-state index is 14.1. The summed E-state index contributed by atoms with van der Waals surface area (Å²) in [6, 6.07) is -0.871. The molecule has 34 heavy (non-hydrogen) atoms. The number of aliphatic hydroxyl groups is 1. The molecule has 4 rings (SSSR count). The molecule has 2 saturated heterocycles. The number of ether oxygens (including phenoxy) is 2. The van der Waals surface area contributed by atoms with Crippen molar-refractivity contribution in [3.8, 4) is 0 Å². The van der Waals surface area contributed by atoms with Gasteiger partial charge in [-0.05, 0) is 39.0 Å². The van der Waals surface area contributed by atoms with Crippen LogP contribution in [0.5, 0.6) is 0 Å². The summed E-state index contributed by atoms with van der Waals surface area (Å²) in [5, 5.41) is 9.49. The van der Waals surface area contributed by atoms with Crippen LogP contribution in [0.2, 0.25) is 0 Å². The molecule has 2 unspecified atom stereocenters. The van der Waals surface area contributed by atoms with Gasteiger partial charge in [-0.25, -0.2) is 0 Å². The van der Waals surface area contributed by atoms with Crippen LogP contribution >= 0.6 is 0 Å². The van der Waals surface area contributed by atoms with E-state index in [-0.39, 0.29) is 31.0 Å². The fourth-order valence-corrected chi connectivity index (χ4v) is 6.34. The van der Waals surface area contributed by atoms with Crippen molar-refractivity contribution in [1.82, 2.24) is 9.80 Å². The summed E-state index contributed by atoms with van der Waals surface area (Å²) in [5.74, 6) is -2.56. The second kappa shape index (κ2) is 9.82. The van der Waals surface area contributed by atoms with Gasteiger partial charge in [0.15, 0.2) is 0 Å². The second-order valence-corrected chi connectivity index (χ2v) is 9.97. The van der Waals surface area contributed by atoms with E-state index in [4.69, 9.17) is 9.47 Å². The molecule has 8 nitrogen and oxygen atoms in total. The van der Waals surface area contributed by atoms with Crippen LogP contribution in [-0.4, -0.2) is 82.3 Å². The molecule has 0 radical (unpaired) electrons. The average molecular weight is 475 g/mol. The standard InChI is InChI=1S/C26H38N2O6/c1-4-11-18(3)27-14-9-13-26-19(22(30)28(15-10-16-29)21(26)23(27)31)20-24(32)33-17-8-6-7-12-25(20,5-2)34-26/h7,9,12-13,18-21,29H,4-6,8,10-11,14-17H2,1-3H3/b12-7-/t18?,19-,20+,21?,25-,26-/m0/s1. The van der Waals surface area contributed by atoms with E-state index in [2.05, 4.69) is 6.92 Å². The predicted octanol–water partition coefficient (Wildman–Crippen LogP) is 2.21. The number of carbonyl (C=O) groups is 3. The average Bonchev–Trinajstić information content (AvgIpc) is 3.19. The summed E-state index contributed by atoms with van der Waals surface area (Å²) in [5.41, 5.74) is -2.27. The maximum atomic E-state index is 14.1. The number of nitrogens with zero attached hydrogens (tertiary/aromatic N) is 2. The number of amides is 2. The third kappa shape index (κ3) is 3.79. The molecule has 4 aliphatic rings. The lowest BCUT2D eigenvalue weighted by Crippen LogP contribution is -2.57. The summed E-state index contributed by atoms with van der Waals surface area (Å²) in [6.45, 7) is 6.92. The largest absolute Gasteiger partial charge is 0.465 e. The van der Waals surface area contributed by atoms with E-state index in [9.17, 15) is 19.5 Å². The number of hydrogen-bond acceptors (Lipinski definition) is 6. The Kier molecular flexibility index (Phi) is 7.20. The fraction of sp³-hybridized carbons (Fsp3) is 0.731. The fourth-order valence-electron chi connectivity index (χ4n) is 6.34. The monoisotopic (exact) mass is 474 g/mol. The normalized spacial score (nSPS) is 37.2. The van der Waals surface area contributed by atoms with E-state index in [1.165, 1.54) is 0 Å². The molecule has 0 aromatic carbocycles. The highest BCUT2D eigenvalue weighted by Crippen LogP contribution is 2.58. The van der Waals surface area contributed by atoms with Crippen molar-refractivity contribution in [3.63, 3.8) is 0 Å². The molecule has 0 bridgehead atoms. The van der Waals surface area contributed by atoms with Crippen LogP contribution in [0.1, 0.15) is 59.3 Å². The lowest BCUT2D eigenvalue weighted by molar-refractivity contribution is -0.161. The number of aliphatic hydroxyl groups excluding tert-OH is 1. The van der Waals surface area contributed by atoms with Crippen molar-refractivity contribution < 1.29 is 29.0 Å². The lowest BCUT2D eigenvalue weighted by Gasteiger charge is -2.39. The Morgan fingerprint density at radius 1 is 1.15 bits per heavy atom. The molecule has 188 valence electrons. The van der Waals surface area contributed by atoms with E-state index >= 15 is 0 Å². The minimum absolute atomic E-state index is 0.00901. The van der Waals surface area contributed by atoms with Gasteiger partial charge in [0.2, 0.25) is 11.8 Å². The number of allylic oxidation sites excluding steroid dienone is 1. The van der Waals surface area contributed by atoms with Gasteiger partial charge in [-0.15, -0.1) is 0 Å². The Morgan fingerprint density at radius 2 is 1.94 bits per heavy atom. The van der Waals surface area contributed by atoms with Gasteiger partial charge in [0.1, 0.15) is 23.2 Å². The van der Waals surface area contributed by atoms with Gasteiger partial charge < -0.3 is 24.4 Å². The molecule has 4 heterocycles. The number of likely N-dealkylation sites (tertiary alicyclic amines) is 1. The first-order valence-corrected chi connectivity index (χ1v) is 12.8. The van der Waals surface area contributed by atoms with Crippen LogP contribution in [0.25, 0.3) is 0 Å². The molecule has 6 atom stereocenters. The third-order valence-corrected chi connectivity index (χ3v) is 7.96. The molecular weight excluding hydrogens is 436 g/mol. The number of esters is 1. The number of carbonyl (C=O) groups excluding carboxylic acids is 3. The summed E-state index contributed by atoms with van der Waals surface area (Å²) in [6.07, 6.45) is 11.8. The predicted molar refractivity (Wildman–Crippen MR) is 126 cm³/mol. The minimum atomic E-state index is -1.26. The highest BCUT2D eigenvalue weighted by molar-refractivity contribution is 5.99. The van der Waals surface area contributed by atoms with Crippen molar-refractivity contribution in [2.24, 2.45) is 11.8 Å². The molecule has 0 saturated carbocycles. The Morgan fingerprint density at radius 3 is 2.65 bits per heavy atom. The first kappa shape index (κ1) is 24.9. The van der Waals surface area contributed by atoms with E-state index in [1.807, 2.05) is 43.1 Å². The van der Waals surface area contributed by atoms with Crippen LogP contribution in [0.3, 0.4) is 0 Å². The highest BCUT2D eigenvalue weighted by atomic mass is 16.6. The van der Waals surface area contributed by atoms with Crippen molar-refractivity contribution >= 4 is 17.8 Å². The molecule has 2 fully saturated rings.